The first-order chi connectivity index (χ1) is 13.1. The topological polar surface area (TPSA) is 60.1 Å². The van der Waals surface area contributed by atoms with Crippen LogP contribution in [-0.4, -0.2) is 37.7 Å². The summed E-state index contributed by atoms with van der Waals surface area (Å²) in [7, 11) is 0. The van der Waals surface area contributed by atoms with Crippen LogP contribution >= 0.6 is 0 Å². The lowest BCUT2D eigenvalue weighted by Crippen LogP contribution is -2.44. The van der Waals surface area contributed by atoms with Gasteiger partial charge in [-0.15, -0.1) is 0 Å². The van der Waals surface area contributed by atoms with Gasteiger partial charge in [-0.25, -0.2) is 9.67 Å². The Labute approximate surface area is 158 Å². The number of rotatable bonds is 3. The number of piperidine rings is 1. The summed E-state index contributed by atoms with van der Waals surface area (Å²) >= 11 is 0. The van der Waals surface area contributed by atoms with E-state index in [2.05, 4.69) is 11.9 Å². The van der Waals surface area contributed by atoms with Crippen molar-refractivity contribution in [1.29, 1.82) is 0 Å². The van der Waals surface area contributed by atoms with Crippen LogP contribution in [0.25, 0.3) is 16.7 Å². The molecule has 0 radical (unpaired) electrons. The van der Waals surface area contributed by atoms with Crippen molar-refractivity contribution < 1.29 is 4.79 Å². The average molecular weight is 364 g/mol. The Balaban J connectivity index is 1.81. The molecule has 3 heterocycles. The number of carbonyl (C=O) groups excluding carboxylic acids is 1. The molecule has 0 aliphatic carbocycles. The molecule has 1 amide bonds. The van der Waals surface area contributed by atoms with E-state index in [0.717, 1.165) is 37.1 Å². The number of fused-ring (bicyclic) bond motifs is 1. The standard InChI is InChI=1S/C21H24N4O2/c1-15-8-10-17(11-9-15)25-21(27)18-7-5-12-22-20(18)24(25)14-19(26)23-13-4-3-6-16(23)2/h5,7-12,16H,3-4,6,13-14H2,1-2H3. The minimum atomic E-state index is -0.151. The molecule has 140 valence electrons. The number of hydrogen-bond acceptors (Lipinski definition) is 3. The number of amides is 1. The number of likely N-dealkylation sites (tertiary alicyclic amines) is 1. The largest absolute Gasteiger partial charge is 0.338 e. The Hall–Kier alpha value is -2.89. The van der Waals surface area contributed by atoms with E-state index in [0.29, 0.717) is 11.0 Å². The monoisotopic (exact) mass is 364 g/mol. The van der Waals surface area contributed by atoms with Crippen molar-refractivity contribution in [2.45, 2.75) is 45.7 Å². The van der Waals surface area contributed by atoms with Gasteiger partial charge < -0.3 is 4.90 Å². The maximum atomic E-state index is 13.0. The average Bonchev–Trinajstić information content (AvgIpc) is 2.95. The fraction of sp³-hybridized carbons (Fsp3) is 0.381. The molecule has 0 spiro atoms. The highest BCUT2D eigenvalue weighted by Gasteiger charge is 2.25. The molecule has 4 rings (SSSR count). The van der Waals surface area contributed by atoms with Crippen molar-refractivity contribution >= 4 is 16.9 Å². The van der Waals surface area contributed by atoms with Gasteiger partial charge in [-0.2, -0.15) is 0 Å². The Kier molecular flexibility index (Phi) is 4.56. The Morgan fingerprint density at radius 3 is 2.70 bits per heavy atom. The van der Waals surface area contributed by atoms with Crippen molar-refractivity contribution in [2.24, 2.45) is 0 Å². The first-order valence-electron chi connectivity index (χ1n) is 9.49. The van der Waals surface area contributed by atoms with E-state index in [1.54, 1.807) is 27.7 Å². The summed E-state index contributed by atoms with van der Waals surface area (Å²) < 4.78 is 3.29. The van der Waals surface area contributed by atoms with Gasteiger partial charge in [0.15, 0.2) is 5.65 Å². The summed E-state index contributed by atoms with van der Waals surface area (Å²) in [6.07, 6.45) is 4.88. The second-order valence-corrected chi connectivity index (χ2v) is 7.32. The van der Waals surface area contributed by atoms with Gasteiger partial charge in [0.05, 0.1) is 11.1 Å². The predicted octanol–water partition coefficient (Wildman–Crippen LogP) is 2.90. The third kappa shape index (κ3) is 3.16. The highest BCUT2D eigenvalue weighted by atomic mass is 16.2. The third-order valence-corrected chi connectivity index (χ3v) is 5.38. The molecule has 1 saturated heterocycles. The lowest BCUT2D eigenvalue weighted by Gasteiger charge is -2.33. The van der Waals surface area contributed by atoms with Crippen molar-refractivity contribution in [3.63, 3.8) is 0 Å². The highest BCUT2D eigenvalue weighted by Crippen LogP contribution is 2.19. The molecular weight excluding hydrogens is 340 g/mol. The Morgan fingerprint density at radius 2 is 1.96 bits per heavy atom. The van der Waals surface area contributed by atoms with Crippen molar-refractivity contribution in [2.75, 3.05) is 6.54 Å². The zero-order valence-electron chi connectivity index (χ0n) is 15.8. The van der Waals surface area contributed by atoms with Crippen molar-refractivity contribution in [1.82, 2.24) is 19.2 Å². The number of nitrogens with zero attached hydrogens (tertiary/aromatic N) is 4. The van der Waals surface area contributed by atoms with Crippen LogP contribution in [0.1, 0.15) is 31.7 Å². The third-order valence-electron chi connectivity index (χ3n) is 5.38. The molecule has 0 saturated carbocycles. The molecule has 3 aromatic rings. The summed E-state index contributed by atoms with van der Waals surface area (Å²) in [5.41, 5.74) is 2.25. The number of hydrogen-bond donors (Lipinski definition) is 0. The van der Waals surface area contributed by atoms with Gasteiger partial charge in [-0.3, -0.25) is 14.3 Å². The fourth-order valence-electron chi connectivity index (χ4n) is 3.86. The predicted molar refractivity (Wildman–Crippen MR) is 105 cm³/mol. The van der Waals surface area contributed by atoms with Gasteiger partial charge in [0, 0.05) is 18.8 Å². The summed E-state index contributed by atoms with van der Waals surface area (Å²) in [4.78, 5) is 32.4. The zero-order chi connectivity index (χ0) is 19.0. The smallest absolute Gasteiger partial charge is 0.280 e. The van der Waals surface area contributed by atoms with E-state index in [4.69, 9.17) is 0 Å². The Morgan fingerprint density at radius 1 is 1.19 bits per heavy atom. The highest BCUT2D eigenvalue weighted by molar-refractivity contribution is 5.80. The van der Waals surface area contributed by atoms with Gasteiger partial charge in [0.1, 0.15) is 6.54 Å². The first kappa shape index (κ1) is 17.5. The lowest BCUT2D eigenvalue weighted by molar-refractivity contribution is -0.135. The second-order valence-electron chi connectivity index (χ2n) is 7.32. The van der Waals surface area contributed by atoms with Gasteiger partial charge >= 0.3 is 0 Å². The van der Waals surface area contributed by atoms with Crippen LogP contribution in [0.5, 0.6) is 0 Å². The lowest BCUT2D eigenvalue weighted by atomic mass is 10.0. The van der Waals surface area contributed by atoms with Crippen LogP contribution in [-0.2, 0) is 11.3 Å². The fourth-order valence-corrected chi connectivity index (χ4v) is 3.86. The van der Waals surface area contributed by atoms with Crippen molar-refractivity contribution in [3.05, 3.63) is 58.5 Å². The molecule has 6 nitrogen and oxygen atoms in total. The normalized spacial score (nSPS) is 17.4. The minimum absolute atomic E-state index is 0.0330. The van der Waals surface area contributed by atoms with E-state index >= 15 is 0 Å². The van der Waals surface area contributed by atoms with Crippen LogP contribution in [0.2, 0.25) is 0 Å². The summed E-state index contributed by atoms with van der Waals surface area (Å²) in [5, 5.41) is 0.526. The molecule has 1 fully saturated rings. The number of carbonyl (C=O) groups is 1. The number of aromatic nitrogens is 3. The van der Waals surface area contributed by atoms with E-state index in [9.17, 15) is 9.59 Å². The van der Waals surface area contributed by atoms with Crippen LogP contribution in [0, 0.1) is 6.92 Å². The molecule has 27 heavy (non-hydrogen) atoms. The van der Waals surface area contributed by atoms with Crippen LogP contribution < -0.4 is 5.56 Å². The molecule has 1 unspecified atom stereocenters. The van der Waals surface area contributed by atoms with Crippen LogP contribution in [0.15, 0.2) is 47.4 Å². The molecule has 0 bridgehead atoms. The van der Waals surface area contributed by atoms with E-state index < -0.39 is 0 Å². The summed E-state index contributed by atoms with van der Waals surface area (Å²) in [6.45, 7) is 4.98. The van der Waals surface area contributed by atoms with E-state index in [-0.39, 0.29) is 24.1 Å². The number of aryl methyl sites for hydroxylation is 1. The molecule has 1 atom stereocenters. The van der Waals surface area contributed by atoms with Gasteiger partial charge in [-0.05, 0) is 57.4 Å². The second kappa shape index (κ2) is 7.02. The van der Waals surface area contributed by atoms with Crippen LogP contribution in [0.3, 0.4) is 0 Å². The number of benzene rings is 1. The maximum Gasteiger partial charge on any atom is 0.280 e. The molecule has 0 N–H and O–H groups in total. The van der Waals surface area contributed by atoms with E-state index in [1.165, 1.54) is 0 Å². The van der Waals surface area contributed by atoms with Crippen molar-refractivity contribution in [3.8, 4) is 5.69 Å². The molecule has 6 heteroatoms. The molecule has 2 aromatic heterocycles. The Bertz CT molecular complexity index is 1030. The van der Waals surface area contributed by atoms with Gasteiger partial charge in [0.2, 0.25) is 5.91 Å². The van der Waals surface area contributed by atoms with Gasteiger partial charge in [0.25, 0.3) is 5.56 Å². The quantitative estimate of drug-likeness (QED) is 0.718. The SMILES string of the molecule is Cc1ccc(-n2c(=O)c3cccnc3n2CC(=O)N2CCCCC2C)cc1. The molecular formula is C21H24N4O2. The molecule has 1 aliphatic heterocycles. The first-order valence-corrected chi connectivity index (χ1v) is 9.49. The molecule has 1 aromatic carbocycles. The summed E-state index contributed by atoms with van der Waals surface area (Å²) in [5.74, 6) is 0.0330. The molecule has 1 aliphatic rings. The summed E-state index contributed by atoms with van der Waals surface area (Å²) in [6, 6.07) is 11.5. The van der Waals surface area contributed by atoms with E-state index in [1.807, 2.05) is 36.1 Å². The van der Waals surface area contributed by atoms with Crippen LogP contribution in [0.4, 0.5) is 0 Å². The maximum absolute atomic E-state index is 13.0. The minimum Gasteiger partial charge on any atom is -0.338 e. The number of pyridine rings is 1. The zero-order valence-corrected chi connectivity index (χ0v) is 15.8. The van der Waals surface area contributed by atoms with Gasteiger partial charge in [-0.1, -0.05) is 17.7 Å².